The molecule has 0 bridgehead atoms. The van der Waals surface area contributed by atoms with Gasteiger partial charge < -0.3 is 14.2 Å². The van der Waals surface area contributed by atoms with E-state index in [0.717, 1.165) is 4.47 Å². The van der Waals surface area contributed by atoms with E-state index in [0.29, 0.717) is 11.3 Å². The minimum absolute atomic E-state index is 0.0276. The van der Waals surface area contributed by atoms with Gasteiger partial charge in [0.2, 0.25) is 0 Å². The number of carbonyl (C=O) groups is 2. The minimum atomic E-state index is -0.621. The average molecular weight is 413 g/mol. The van der Waals surface area contributed by atoms with Crippen LogP contribution in [0.15, 0.2) is 28.2 Å². The predicted molar refractivity (Wildman–Crippen MR) is 100 cm³/mol. The van der Waals surface area contributed by atoms with Crippen molar-refractivity contribution >= 4 is 33.9 Å². The lowest BCUT2D eigenvalue weighted by Crippen LogP contribution is -2.25. The van der Waals surface area contributed by atoms with E-state index in [1.807, 2.05) is 26.0 Å². The standard InChI is InChI=1S/C19H25BrO5/c1-12(2)24-15-7-8-16(20)13(10-15)9-14(18(22)23-6)11-17(21)25-19(3,4)5/h7-10,12H,11H2,1-6H3/b14-9+. The highest BCUT2D eigenvalue weighted by Gasteiger charge is 2.21. The zero-order chi connectivity index (χ0) is 19.2. The van der Waals surface area contributed by atoms with Crippen LogP contribution >= 0.6 is 15.9 Å². The maximum atomic E-state index is 12.1. The van der Waals surface area contributed by atoms with Crippen LogP contribution in [-0.2, 0) is 19.1 Å². The Kier molecular flexibility index (Phi) is 7.67. The number of ether oxygens (including phenoxy) is 3. The maximum Gasteiger partial charge on any atom is 0.334 e. The minimum Gasteiger partial charge on any atom is -0.491 e. The third-order valence-corrected chi connectivity index (χ3v) is 3.59. The van der Waals surface area contributed by atoms with Crippen molar-refractivity contribution in [2.24, 2.45) is 0 Å². The van der Waals surface area contributed by atoms with Crippen LogP contribution in [0.3, 0.4) is 0 Å². The van der Waals surface area contributed by atoms with Gasteiger partial charge in [-0.3, -0.25) is 4.79 Å². The molecular formula is C19H25BrO5. The van der Waals surface area contributed by atoms with E-state index in [9.17, 15) is 9.59 Å². The van der Waals surface area contributed by atoms with Crippen LogP contribution in [0.4, 0.5) is 0 Å². The second-order valence-electron chi connectivity index (χ2n) is 6.77. The normalized spacial score (nSPS) is 12.1. The maximum absolute atomic E-state index is 12.1. The highest BCUT2D eigenvalue weighted by atomic mass is 79.9. The van der Waals surface area contributed by atoms with Gasteiger partial charge in [0.25, 0.3) is 0 Å². The fourth-order valence-corrected chi connectivity index (χ4v) is 2.37. The Balaban J connectivity index is 3.14. The van der Waals surface area contributed by atoms with Crippen LogP contribution in [0, 0.1) is 0 Å². The number of methoxy groups -OCH3 is 1. The summed E-state index contributed by atoms with van der Waals surface area (Å²) in [6, 6.07) is 5.45. The highest BCUT2D eigenvalue weighted by molar-refractivity contribution is 9.10. The summed E-state index contributed by atoms with van der Waals surface area (Å²) >= 11 is 3.44. The van der Waals surface area contributed by atoms with Gasteiger partial charge in [0.1, 0.15) is 11.4 Å². The number of rotatable bonds is 6. The summed E-state index contributed by atoms with van der Waals surface area (Å²) in [7, 11) is 1.28. The fourth-order valence-electron chi connectivity index (χ4n) is 2.01. The molecule has 0 heterocycles. The van der Waals surface area contributed by atoms with Crippen molar-refractivity contribution < 1.29 is 23.8 Å². The van der Waals surface area contributed by atoms with E-state index in [2.05, 4.69) is 15.9 Å². The fraction of sp³-hybridized carbons (Fsp3) is 0.474. The van der Waals surface area contributed by atoms with Crippen LogP contribution in [-0.4, -0.2) is 30.8 Å². The van der Waals surface area contributed by atoms with E-state index in [-0.39, 0.29) is 18.1 Å². The summed E-state index contributed by atoms with van der Waals surface area (Å²) in [5.41, 5.74) is 0.297. The van der Waals surface area contributed by atoms with E-state index in [4.69, 9.17) is 14.2 Å². The Hall–Kier alpha value is -1.82. The molecular weight excluding hydrogens is 388 g/mol. The van der Waals surface area contributed by atoms with Crippen LogP contribution in [0.25, 0.3) is 6.08 Å². The van der Waals surface area contributed by atoms with Gasteiger partial charge in [-0.15, -0.1) is 0 Å². The van der Waals surface area contributed by atoms with Crippen molar-refractivity contribution in [3.63, 3.8) is 0 Å². The summed E-state index contributed by atoms with van der Waals surface area (Å²) in [4.78, 5) is 24.1. The second-order valence-corrected chi connectivity index (χ2v) is 7.63. The molecule has 25 heavy (non-hydrogen) atoms. The largest absolute Gasteiger partial charge is 0.491 e. The van der Waals surface area contributed by atoms with E-state index in [1.165, 1.54) is 7.11 Å². The van der Waals surface area contributed by atoms with Gasteiger partial charge in [-0.2, -0.15) is 0 Å². The van der Waals surface area contributed by atoms with Crippen LogP contribution in [0.1, 0.15) is 46.6 Å². The topological polar surface area (TPSA) is 61.8 Å². The lowest BCUT2D eigenvalue weighted by atomic mass is 10.1. The number of hydrogen-bond acceptors (Lipinski definition) is 5. The first-order valence-electron chi connectivity index (χ1n) is 7.98. The Morgan fingerprint density at radius 2 is 1.88 bits per heavy atom. The highest BCUT2D eigenvalue weighted by Crippen LogP contribution is 2.26. The average Bonchev–Trinajstić information content (AvgIpc) is 2.46. The molecule has 1 aromatic rings. The van der Waals surface area contributed by atoms with Gasteiger partial charge in [-0.1, -0.05) is 15.9 Å². The number of hydrogen-bond donors (Lipinski definition) is 0. The third kappa shape index (κ3) is 7.73. The molecule has 5 nitrogen and oxygen atoms in total. The van der Waals surface area contributed by atoms with E-state index >= 15 is 0 Å². The molecule has 0 fully saturated rings. The van der Waals surface area contributed by atoms with Crippen molar-refractivity contribution in [2.75, 3.05) is 7.11 Å². The summed E-state index contributed by atoms with van der Waals surface area (Å²) < 4.78 is 16.5. The first-order chi connectivity index (χ1) is 11.5. The monoisotopic (exact) mass is 412 g/mol. The number of halogens is 1. The van der Waals surface area contributed by atoms with Crippen molar-refractivity contribution in [3.8, 4) is 5.75 Å². The Morgan fingerprint density at radius 3 is 2.40 bits per heavy atom. The Labute approximate surface area is 157 Å². The first-order valence-corrected chi connectivity index (χ1v) is 8.78. The molecule has 0 saturated heterocycles. The van der Waals surface area contributed by atoms with Gasteiger partial charge in [0, 0.05) is 10.0 Å². The number of carbonyl (C=O) groups excluding carboxylic acids is 2. The smallest absolute Gasteiger partial charge is 0.334 e. The quantitative estimate of drug-likeness (QED) is 0.507. The lowest BCUT2D eigenvalue weighted by molar-refractivity contribution is -0.155. The molecule has 1 rings (SSSR count). The molecule has 0 saturated carbocycles. The number of benzene rings is 1. The Morgan fingerprint density at radius 1 is 1.24 bits per heavy atom. The molecule has 0 unspecified atom stereocenters. The Bertz CT molecular complexity index is 656. The van der Waals surface area contributed by atoms with Crippen LogP contribution < -0.4 is 4.74 Å². The zero-order valence-corrected chi connectivity index (χ0v) is 17.1. The molecule has 0 atom stereocenters. The number of esters is 2. The first kappa shape index (κ1) is 21.2. The van der Waals surface area contributed by atoms with Gasteiger partial charge in [-0.05, 0) is 64.5 Å². The van der Waals surface area contributed by atoms with Crippen LogP contribution in [0.5, 0.6) is 5.75 Å². The molecule has 0 aliphatic heterocycles. The molecule has 0 aliphatic rings. The van der Waals surface area contributed by atoms with Gasteiger partial charge in [0.15, 0.2) is 0 Å². The van der Waals surface area contributed by atoms with Crippen molar-refractivity contribution in [1.29, 1.82) is 0 Å². The summed E-state index contributed by atoms with van der Waals surface area (Å²) in [5.74, 6) is -0.395. The molecule has 1 aromatic carbocycles. The summed E-state index contributed by atoms with van der Waals surface area (Å²) in [6.45, 7) is 9.18. The van der Waals surface area contributed by atoms with Gasteiger partial charge >= 0.3 is 11.9 Å². The molecule has 6 heteroatoms. The van der Waals surface area contributed by atoms with Gasteiger partial charge in [-0.25, -0.2) is 4.79 Å². The summed E-state index contributed by atoms with van der Waals surface area (Å²) in [5, 5.41) is 0. The molecule has 138 valence electrons. The molecule has 0 amide bonds. The summed E-state index contributed by atoms with van der Waals surface area (Å²) in [6.07, 6.45) is 1.46. The second kappa shape index (κ2) is 9.04. The predicted octanol–water partition coefficient (Wildman–Crippen LogP) is 4.52. The van der Waals surface area contributed by atoms with Crippen LogP contribution in [0.2, 0.25) is 0 Å². The third-order valence-electron chi connectivity index (χ3n) is 2.87. The van der Waals surface area contributed by atoms with Crippen molar-refractivity contribution in [3.05, 3.63) is 33.8 Å². The SMILES string of the molecule is COC(=O)/C(=C/c1cc(OC(C)C)ccc1Br)CC(=O)OC(C)(C)C. The molecule has 0 radical (unpaired) electrons. The van der Waals surface area contributed by atoms with E-state index < -0.39 is 17.5 Å². The van der Waals surface area contributed by atoms with Crippen molar-refractivity contribution in [1.82, 2.24) is 0 Å². The molecule has 0 aliphatic carbocycles. The van der Waals surface area contributed by atoms with E-state index in [1.54, 1.807) is 32.9 Å². The molecule has 0 aromatic heterocycles. The molecule has 0 N–H and O–H groups in total. The molecule has 0 spiro atoms. The van der Waals surface area contributed by atoms with Crippen molar-refractivity contribution in [2.45, 2.75) is 52.7 Å². The lowest BCUT2D eigenvalue weighted by Gasteiger charge is -2.19. The van der Waals surface area contributed by atoms with Gasteiger partial charge in [0.05, 0.1) is 19.6 Å². The zero-order valence-electron chi connectivity index (χ0n) is 15.5.